The average Bonchev–Trinajstić information content (AvgIpc) is 3.03. The highest BCUT2D eigenvalue weighted by atomic mass is 32.1. The maximum absolute atomic E-state index is 4.40. The summed E-state index contributed by atoms with van der Waals surface area (Å²) in [5, 5.41) is 7.76. The molecule has 0 amide bonds. The Balaban J connectivity index is 2.10. The molecule has 0 radical (unpaired) electrons. The van der Waals surface area contributed by atoms with Gasteiger partial charge in [0.05, 0.1) is 6.54 Å². The van der Waals surface area contributed by atoms with Gasteiger partial charge in [0.1, 0.15) is 5.01 Å². The van der Waals surface area contributed by atoms with Crippen LogP contribution in [0.5, 0.6) is 0 Å². The monoisotopic (exact) mass is 285 g/mol. The van der Waals surface area contributed by atoms with Crippen LogP contribution in [0.4, 0.5) is 0 Å². The van der Waals surface area contributed by atoms with Gasteiger partial charge in [-0.15, -0.1) is 11.3 Å². The Hall–Kier alpha value is -1.65. The number of nitrogens with one attached hydrogen (secondary N) is 1. The molecule has 1 N–H and O–H groups in total. The van der Waals surface area contributed by atoms with Crippen LogP contribution in [-0.4, -0.2) is 16.6 Å². The summed E-state index contributed by atoms with van der Waals surface area (Å²) in [6.45, 7) is 6.17. The summed E-state index contributed by atoms with van der Waals surface area (Å²) >= 11 is 1.71. The molecule has 1 aromatic carbocycles. The second kappa shape index (κ2) is 5.38. The Kier molecular flexibility index (Phi) is 3.59. The van der Waals surface area contributed by atoms with Gasteiger partial charge in [0, 0.05) is 34.7 Å². The van der Waals surface area contributed by atoms with Crippen LogP contribution in [0.3, 0.4) is 0 Å². The van der Waals surface area contributed by atoms with Crippen LogP contribution >= 0.6 is 11.3 Å². The zero-order valence-electron chi connectivity index (χ0n) is 12.1. The molecule has 0 fully saturated rings. The molecule has 3 aromatic rings. The zero-order chi connectivity index (χ0) is 14.1. The fourth-order valence-corrected chi connectivity index (χ4v) is 3.29. The number of hydrogen-bond acceptors (Lipinski definition) is 3. The van der Waals surface area contributed by atoms with Crippen LogP contribution in [0, 0.1) is 13.8 Å². The van der Waals surface area contributed by atoms with Gasteiger partial charge in [-0.05, 0) is 44.2 Å². The van der Waals surface area contributed by atoms with Gasteiger partial charge >= 0.3 is 0 Å². The first-order valence-corrected chi connectivity index (χ1v) is 7.70. The first-order valence-electron chi connectivity index (χ1n) is 6.82. The van der Waals surface area contributed by atoms with E-state index in [2.05, 4.69) is 46.9 Å². The van der Waals surface area contributed by atoms with Gasteiger partial charge < -0.3 is 9.88 Å². The number of fused-ring (bicyclic) bond motifs is 1. The van der Waals surface area contributed by atoms with Crippen molar-refractivity contribution in [1.29, 1.82) is 0 Å². The van der Waals surface area contributed by atoms with Crippen molar-refractivity contribution in [1.82, 2.24) is 14.9 Å². The van der Waals surface area contributed by atoms with E-state index in [9.17, 15) is 0 Å². The maximum Gasteiger partial charge on any atom is 0.112 e. The van der Waals surface area contributed by atoms with Crippen LogP contribution in [0.25, 0.3) is 10.9 Å². The van der Waals surface area contributed by atoms with E-state index in [1.807, 2.05) is 18.6 Å². The smallest absolute Gasteiger partial charge is 0.112 e. The van der Waals surface area contributed by atoms with Gasteiger partial charge in [0.25, 0.3) is 0 Å². The Morgan fingerprint density at radius 1 is 1.30 bits per heavy atom. The van der Waals surface area contributed by atoms with E-state index in [1.165, 1.54) is 27.7 Å². The molecule has 0 aliphatic rings. The number of nitrogens with zero attached hydrogens (tertiary/aromatic N) is 2. The molecule has 2 aromatic heterocycles. The average molecular weight is 285 g/mol. The quantitative estimate of drug-likeness (QED) is 0.795. The Morgan fingerprint density at radius 2 is 2.15 bits per heavy atom. The van der Waals surface area contributed by atoms with Crippen molar-refractivity contribution in [2.24, 2.45) is 0 Å². The van der Waals surface area contributed by atoms with Gasteiger partial charge in [-0.3, -0.25) is 0 Å². The van der Waals surface area contributed by atoms with Crippen LogP contribution in [-0.2, 0) is 13.1 Å². The van der Waals surface area contributed by atoms with E-state index in [-0.39, 0.29) is 0 Å². The number of rotatable bonds is 4. The van der Waals surface area contributed by atoms with Crippen molar-refractivity contribution >= 4 is 22.2 Å². The van der Waals surface area contributed by atoms with Gasteiger partial charge in [-0.1, -0.05) is 6.07 Å². The fourth-order valence-electron chi connectivity index (χ4n) is 2.68. The third kappa shape index (κ3) is 2.25. The van der Waals surface area contributed by atoms with Crippen molar-refractivity contribution in [3.63, 3.8) is 0 Å². The van der Waals surface area contributed by atoms with Gasteiger partial charge in [0.2, 0.25) is 0 Å². The minimum absolute atomic E-state index is 0.860. The molecular formula is C16H19N3S. The van der Waals surface area contributed by atoms with E-state index >= 15 is 0 Å². The third-order valence-electron chi connectivity index (χ3n) is 3.86. The van der Waals surface area contributed by atoms with Crippen LogP contribution < -0.4 is 5.32 Å². The van der Waals surface area contributed by atoms with Crippen LogP contribution in [0.15, 0.2) is 29.8 Å². The standard InChI is InChI=1S/C16H19N3S/c1-11-12(2)19(10-16-18-6-7-20-16)15-5-4-13(9-17-3)8-14(11)15/h4-8,17H,9-10H2,1-3H3. The predicted octanol–water partition coefficient (Wildman–Crippen LogP) is 3.48. The molecule has 0 aliphatic heterocycles. The lowest BCUT2D eigenvalue weighted by atomic mass is 10.1. The highest BCUT2D eigenvalue weighted by Gasteiger charge is 2.12. The molecule has 104 valence electrons. The van der Waals surface area contributed by atoms with E-state index in [0.717, 1.165) is 18.1 Å². The summed E-state index contributed by atoms with van der Waals surface area (Å²) in [6, 6.07) is 6.73. The molecule has 2 heterocycles. The summed E-state index contributed by atoms with van der Waals surface area (Å²) in [5.41, 5.74) is 5.33. The number of aromatic nitrogens is 2. The summed E-state index contributed by atoms with van der Waals surface area (Å²) in [5.74, 6) is 0. The zero-order valence-corrected chi connectivity index (χ0v) is 12.9. The van der Waals surface area contributed by atoms with E-state index < -0.39 is 0 Å². The van der Waals surface area contributed by atoms with E-state index in [4.69, 9.17) is 0 Å². The number of aryl methyl sites for hydroxylation is 1. The summed E-state index contributed by atoms with van der Waals surface area (Å²) < 4.78 is 2.37. The molecule has 0 atom stereocenters. The van der Waals surface area contributed by atoms with E-state index in [1.54, 1.807) is 11.3 Å². The predicted molar refractivity (Wildman–Crippen MR) is 85.4 cm³/mol. The first kappa shape index (κ1) is 13.3. The highest BCUT2D eigenvalue weighted by Crippen LogP contribution is 2.27. The first-order chi connectivity index (χ1) is 9.70. The molecule has 0 aliphatic carbocycles. The molecule has 3 nitrogen and oxygen atoms in total. The van der Waals surface area contributed by atoms with Crippen molar-refractivity contribution in [2.45, 2.75) is 26.9 Å². The fraction of sp³-hybridized carbons (Fsp3) is 0.312. The number of thiazole rings is 1. The normalized spacial score (nSPS) is 11.3. The molecular weight excluding hydrogens is 266 g/mol. The van der Waals surface area contributed by atoms with Crippen molar-refractivity contribution < 1.29 is 0 Å². The molecule has 0 bridgehead atoms. The van der Waals surface area contributed by atoms with Crippen molar-refractivity contribution in [3.05, 3.63) is 51.6 Å². The Bertz CT molecular complexity index is 726. The minimum atomic E-state index is 0.860. The highest BCUT2D eigenvalue weighted by molar-refractivity contribution is 7.09. The van der Waals surface area contributed by atoms with Gasteiger partial charge in [0.15, 0.2) is 0 Å². The van der Waals surface area contributed by atoms with Crippen LogP contribution in [0.2, 0.25) is 0 Å². The number of hydrogen-bond donors (Lipinski definition) is 1. The molecule has 4 heteroatoms. The summed E-state index contributed by atoms with van der Waals surface area (Å²) in [6.07, 6.45) is 1.87. The summed E-state index contributed by atoms with van der Waals surface area (Å²) in [7, 11) is 1.98. The SMILES string of the molecule is CNCc1ccc2c(c1)c(C)c(C)n2Cc1nccs1. The molecule has 20 heavy (non-hydrogen) atoms. The Labute approximate surface area is 123 Å². The van der Waals surface area contributed by atoms with Crippen LogP contribution in [0.1, 0.15) is 21.8 Å². The summed E-state index contributed by atoms with van der Waals surface area (Å²) in [4.78, 5) is 4.40. The second-order valence-corrected chi connectivity index (χ2v) is 6.08. The molecule has 0 saturated heterocycles. The lowest BCUT2D eigenvalue weighted by Gasteiger charge is -2.06. The van der Waals surface area contributed by atoms with E-state index in [0.29, 0.717) is 0 Å². The topological polar surface area (TPSA) is 29.9 Å². The molecule has 0 spiro atoms. The minimum Gasteiger partial charge on any atom is -0.338 e. The van der Waals surface area contributed by atoms with Gasteiger partial charge in [-0.2, -0.15) is 0 Å². The number of benzene rings is 1. The Morgan fingerprint density at radius 3 is 2.85 bits per heavy atom. The molecule has 0 saturated carbocycles. The molecule has 3 rings (SSSR count). The second-order valence-electron chi connectivity index (χ2n) is 5.10. The molecule has 0 unspecified atom stereocenters. The van der Waals surface area contributed by atoms with Crippen molar-refractivity contribution in [3.8, 4) is 0 Å². The lowest BCUT2D eigenvalue weighted by molar-refractivity contribution is 0.793. The van der Waals surface area contributed by atoms with Gasteiger partial charge in [-0.25, -0.2) is 4.98 Å². The largest absolute Gasteiger partial charge is 0.338 e. The third-order valence-corrected chi connectivity index (χ3v) is 4.63. The van der Waals surface area contributed by atoms with Crippen molar-refractivity contribution in [2.75, 3.05) is 7.05 Å². The lowest BCUT2D eigenvalue weighted by Crippen LogP contribution is -2.05. The maximum atomic E-state index is 4.40.